The lowest BCUT2D eigenvalue weighted by Crippen LogP contribution is -2.27. The largest absolute Gasteiger partial charge is 0.416 e. The van der Waals surface area contributed by atoms with Gasteiger partial charge in [-0.15, -0.1) is 0 Å². The first-order chi connectivity index (χ1) is 13.6. The molecule has 0 saturated carbocycles. The maximum atomic E-state index is 13.0. The van der Waals surface area contributed by atoms with Crippen LogP contribution in [0.15, 0.2) is 65.8 Å². The molecule has 0 saturated heterocycles. The third-order valence-corrected chi connectivity index (χ3v) is 6.51. The first-order valence-corrected chi connectivity index (χ1v) is 10.3. The quantitative estimate of drug-likeness (QED) is 0.566. The monoisotopic (exact) mass is 443 g/mol. The van der Waals surface area contributed by atoms with Crippen LogP contribution in [0.5, 0.6) is 0 Å². The summed E-state index contributed by atoms with van der Waals surface area (Å²) >= 11 is 5.88. The van der Waals surface area contributed by atoms with E-state index in [0.29, 0.717) is 18.2 Å². The lowest BCUT2D eigenvalue weighted by molar-refractivity contribution is -0.137. The maximum absolute atomic E-state index is 13.0. The molecule has 3 rings (SSSR count). The zero-order chi connectivity index (χ0) is 21.2. The van der Waals surface area contributed by atoms with Crippen molar-refractivity contribution < 1.29 is 21.6 Å². The van der Waals surface area contributed by atoms with Crippen molar-refractivity contribution in [1.29, 1.82) is 0 Å². The number of halogens is 4. The standard InChI is InChI=1S/C19H17ClF3N3O2S/c1-25(11-15-10-24-26(13-15)12-14-5-3-2-4-6-14)29(27,28)18-9-16(19(21,22)23)7-8-17(18)20/h2-10,13H,11-12H2,1H3. The lowest BCUT2D eigenvalue weighted by atomic mass is 10.2. The molecule has 0 spiro atoms. The van der Waals surface area contributed by atoms with E-state index < -0.39 is 26.7 Å². The molecule has 0 bridgehead atoms. The molecule has 1 heterocycles. The third kappa shape index (κ3) is 4.98. The van der Waals surface area contributed by atoms with Crippen molar-refractivity contribution in [2.45, 2.75) is 24.2 Å². The van der Waals surface area contributed by atoms with Crippen LogP contribution in [0.4, 0.5) is 13.2 Å². The molecule has 0 aliphatic carbocycles. The van der Waals surface area contributed by atoms with Crippen LogP contribution in [0.2, 0.25) is 5.02 Å². The predicted octanol–water partition coefficient (Wildman–Crippen LogP) is 4.42. The highest BCUT2D eigenvalue weighted by molar-refractivity contribution is 7.89. The lowest BCUT2D eigenvalue weighted by Gasteiger charge is -2.18. The highest BCUT2D eigenvalue weighted by Gasteiger charge is 2.33. The Morgan fingerprint density at radius 1 is 1.10 bits per heavy atom. The minimum Gasteiger partial charge on any atom is -0.268 e. The fourth-order valence-electron chi connectivity index (χ4n) is 2.73. The average Bonchev–Trinajstić information content (AvgIpc) is 3.08. The Bertz CT molecular complexity index is 1100. The van der Waals surface area contributed by atoms with Crippen molar-refractivity contribution in [2.75, 3.05) is 7.05 Å². The fraction of sp³-hybridized carbons (Fsp3) is 0.211. The van der Waals surface area contributed by atoms with Gasteiger partial charge in [0.05, 0.1) is 23.3 Å². The van der Waals surface area contributed by atoms with E-state index in [9.17, 15) is 21.6 Å². The van der Waals surface area contributed by atoms with E-state index >= 15 is 0 Å². The molecule has 0 atom stereocenters. The van der Waals surface area contributed by atoms with Gasteiger partial charge in [0.15, 0.2) is 0 Å². The van der Waals surface area contributed by atoms with Crippen molar-refractivity contribution in [3.05, 3.63) is 82.6 Å². The van der Waals surface area contributed by atoms with E-state index in [1.165, 1.54) is 13.2 Å². The molecule has 0 fully saturated rings. The van der Waals surface area contributed by atoms with Gasteiger partial charge in [-0.05, 0) is 23.8 Å². The molecule has 2 aromatic carbocycles. The van der Waals surface area contributed by atoms with Crippen molar-refractivity contribution in [3.63, 3.8) is 0 Å². The highest BCUT2D eigenvalue weighted by atomic mass is 35.5. The third-order valence-electron chi connectivity index (χ3n) is 4.23. The van der Waals surface area contributed by atoms with Crippen LogP contribution in [0.1, 0.15) is 16.7 Å². The molecule has 1 aromatic heterocycles. The van der Waals surface area contributed by atoms with E-state index in [4.69, 9.17) is 11.6 Å². The highest BCUT2D eigenvalue weighted by Crippen LogP contribution is 2.34. The van der Waals surface area contributed by atoms with Gasteiger partial charge in [-0.3, -0.25) is 4.68 Å². The van der Waals surface area contributed by atoms with Gasteiger partial charge in [0.1, 0.15) is 4.90 Å². The Labute approximate surface area is 171 Å². The molecule has 0 aliphatic heterocycles. The molecular weight excluding hydrogens is 427 g/mol. The second kappa shape index (κ2) is 8.17. The minimum atomic E-state index is -4.67. The molecule has 0 amide bonds. The molecule has 154 valence electrons. The molecule has 0 aliphatic rings. The van der Waals surface area contributed by atoms with Gasteiger partial charge in [-0.2, -0.15) is 22.6 Å². The van der Waals surface area contributed by atoms with Crippen molar-refractivity contribution in [2.24, 2.45) is 0 Å². The zero-order valence-corrected chi connectivity index (χ0v) is 16.8. The number of alkyl halides is 3. The molecule has 5 nitrogen and oxygen atoms in total. The molecule has 29 heavy (non-hydrogen) atoms. The summed E-state index contributed by atoms with van der Waals surface area (Å²) in [5, 5.41) is 3.93. The molecule has 3 aromatic rings. The van der Waals surface area contributed by atoms with E-state index in [1.807, 2.05) is 30.3 Å². The van der Waals surface area contributed by atoms with Gasteiger partial charge in [0.25, 0.3) is 0 Å². The number of sulfonamides is 1. The average molecular weight is 444 g/mol. The summed E-state index contributed by atoms with van der Waals surface area (Å²) in [6.07, 6.45) is -1.47. The van der Waals surface area contributed by atoms with Crippen LogP contribution in [0.25, 0.3) is 0 Å². The van der Waals surface area contributed by atoms with E-state index in [2.05, 4.69) is 5.10 Å². The van der Waals surface area contributed by atoms with Crippen molar-refractivity contribution >= 4 is 21.6 Å². The van der Waals surface area contributed by atoms with E-state index in [1.54, 1.807) is 10.9 Å². The van der Waals surface area contributed by atoms with Gasteiger partial charge in [0, 0.05) is 25.4 Å². The smallest absolute Gasteiger partial charge is 0.268 e. The van der Waals surface area contributed by atoms with Crippen LogP contribution >= 0.6 is 11.6 Å². The van der Waals surface area contributed by atoms with Gasteiger partial charge in [0.2, 0.25) is 10.0 Å². The second-order valence-electron chi connectivity index (χ2n) is 6.44. The predicted molar refractivity (Wildman–Crippen MR) is 103 cm³/mol. The van der Waals surface area contributed by atoms with Gasteiger partial charge >= 0.3 is 6.18 Å². The van der Waals surface area contributed by atoms with Crippen LogP contribution < -0.4 is 0 Å². The number of benzene rings is 2. The van der Waals surface area contributed by atoms with Gasteiger partial charge in [-0.1, -0.05) is 41.9 Å². The fourth-order valence-corrected chi connectivity index (χ4v) is 4.39. The van der Waals surface area contributed by atoms with Crippen LogP contribution in [-0.4, -0.2) is 29.6 Å². The summed E-state index contributed by atoms with van der Waals surface area (Å²) in [7, 11) is -2.96. The summed E-state index contributed by atoms with van der Waals surface area (Å²) in [5.41, 5.74) is 0.540. The summed E-state index contributed by atoms with van der Waals surface area (Å²) < 4.78 is 67.0. The Balaban J connectivity index is 1.79. The van der Waals surface area contributed by atoms with Crippen LogP contribution in [0.3, 0.4) is 0 Å². The van der Waals surface area contributed by atoms with Gasteiger partial charge < -0.3 is 0 Å². The van der Waals surface area contributed by atoms with Crippen LogP contribution in [0, 0.1) is 0 Å². The summed E-state index contributed by atoms with van der Waals surface area (Å²) in [4.78, 5) is -0.590. The maximum Gasteiger partial charge on any atom is 0.416 e. The Morgan fingerprint density at radius 2 is 1.79 bits per heavy atom. The number of hydrogen-bond acceptors (Lipinski definition) is 3. The number of rotatable bonds is 6. The molecule has 0 radical (unpaired) electrons. The van der Waals surface area contributed by atoms with Crippen molar-refractivity contribution in [3.8, 4) is 0 Å². The summed E-state index contributed by atoms with van der Waals surface area (Å²) in [6, 6.07) is 11.8. The summed E-state index contributed by atoms with van der Waals surface area (Å²) in [6.45, 7) is 0.445. The topological polar surface area (TPSA) is 55.2 Å². The number of hydrogen-bond donors (Lipinski definition) is 0. The van der Waals surface area contributed by atoms with Crippen molar-refractivity contribution in [1.82, 2.24) is 14.1 Å². The Kier molecular flexibility index (Phi) is 6.02. The first-order valence-electron chi connectivity index (χ1n) is 8.46. The second-order valence-corrected chi connectivity index (χ2v) is 8.86. The summed E-state index contributed by atoms with van der Waals surface area (Å²) in [5.74, 6) is 0. The molecular formula is C19H17ClF3N3O2S. The number of aromatic nitrogens is 2. The first kappa shape index (κ1) is 21.4. The molecule has 0 unspecified atom stereocenters. The molecule has 0 N–H and O–H groups in total. The number of nitrogens with zero attached hydrogens (tertiary/aromatic N) is 3. The Hall–Kier alpha value is -2.36. The normalized spacial score (nSPS) is 12.5. The van der Waals surface area contributed by atoms with E-state index in [-0.39, 0.29) is 11.6 Å². The van der Waals surface area contributed by atoms with Gasteiger partial charge in [-0.25, -0.2) is 8.42 Å². The minimum absolute atomic E-state index is 0.0658. The Morgan fingerprint density at radius 3 is 2.45 bits per heavy atom. The SMILES string of the molecule is CN(Cc1cnn(Cc2ccccc2)c1)S(=O)(=O)c1cc(C(F)(F)F)ccc1Cl. The zero-order valence-electron chi connectivity index (χ0n) is 15.3. The van der Waals surface area contributed by atoms with Crippen LogP contribution in [-0.2, 0) is 29.3 Å². The van der Waals surface area contributed by atoms with E-state index in [0.717, 1.165) is 22.0 Å². The molecule has 10 heteroatoms.